The van der Waals surface area contributed by atoms with Crippen LogP contribution in [0.1, 0.15) is 36.6 Å². The molecule has 0 bridgehead atoms. The third-order valence-corrected chi connectivity index (χ3v) is 4.41. The molecular formula is C15H23N5O. The van der Waals surface area contributed by atoms with E-state index in [4.69, 9.17) is 4.74 Å². The monoisotopic (exact) mass is 289 g/mol. The Morgan fingerprint density at radius 1 is 1.43 bits per heavy atom. The molecule has 3 rings (SSSR count). The minimum atomic E-state index is 0.475. The maximum absolute atomic E-state index is 5.46. The highest BCUT2D eigenvalue weighted by Gasteiger charge is 2.28. The van der Waals surface area contributed by atoms with Crippen molar-refractivity contribution in [1.29, 1.82) is 0 Å². The van der Waals surface area contributed by atoms with Gasteiger partial charge in [-0.3, -0.25) is 0 Å². The summed E-state index contributed by atoms with van der Waals surface area (Å²) in [5.41, 5.74) is 2.18. The van der Waals surface area contributed by atoms with Crippen molar-refractivity contribution in [1.82, 2.24) is 24.6 Å². The molecule has 0 radical (unpaired) electrons. The Labute approximate surface area is 125 Å². The molecule has 0 aliphatic heterocycles. The first-order chi connectivity index (χ1) is 10.2. The third-order valence-electron chi connectivity index (χ3n) is 4.41. The van der Waals surface area contributed by atoms with Crippen molar-refractivity contribution in [3.63, 3.8) is 0 Å². The van der Waals surface area contributed by atoms with Crippen LogP contribution in [-0.4, -0.2) is 32.5 Å². The number of ether oxygens (including phenoxy) is 1. The van der Waals surface area contributed by atoms with Crippen LogP contribution in [0.15, 0.2) is 18.7 Å². The van der Waals surface area contributed by atoms with Gasteiger partial charge in [-0.25, -0.2) is 9.67 Å². The average Bonchev–Trinajstić information content (AvgIpc) is 3.16. The predicted molar refractivity (Wildman–Crippen MR) is 80.2 cm³/mol. The van der Waals surface area contributed by atoms with Crippen LogP contribution in [0.4, 0.5) is 0 Å². The minimum absolute atomic E-state index is 0.475. The SMILES string of the molecule is COc1c(CNC2CCCC2n2ccnc2)c(C)nn1C. The summed E-state index contributed by atoms with van der Waals surface area (Å²) >= 11 is 0. The minimum Gasteiger partial charge on any atom is -0.481 e. The van der Waals surface area contributed by atoms with Crippen LogP contribution in [0, 0.1) is 6.92 Å². The van der Waals surface area contributed by atoms with Crippen LogP contribution in [0.3, 0.4) is 0 Å². The van der Waals surface area contributed by atoms with Crippen molar-refractivity contribution in [3.8, 4) is 5.88 Å². The van der Waals surface area contributed by atoms with Gasteiger partial charge >= 0.3 is 0 Å². The van der Waals surface area contributed by atoms with Crippen LogP contribution >= 0.6 is 0 Å². The molecule has 114 valence electrons. The van der Waals surface area contributed by atoms with E-state index in [1.54, 1.807) is 11.8 Å². The van der Waals surface area contributed by atoms with Crippen molar-refractivity contribution in [2.24, 2.45) is 7.05 Å². The maximum atomic E-state index is 5.46. The highest BCUT2D eigenvalue weighted by molar-refractivity contribution is 5.30. The molecule has 2 heterocycles. The quantitative estimate of drug-likeness (QED) is 0.912. The number of aromatic nitrogens is 4. The normalized spacial score (nSPS) is 21.9. The van der Waals surface area contributed by atoms with E-state index in [0.717, 1.165) is 23.7 Å². The van der Waals surface area contributed by atoms with Crippen molar-refractivity contribution < 1.29 is 4.74 Å². The first-order valence-corrected chi connectivity index (χ1v) is 7.48. The van der Waals surface area contributed by atoms with Gasteiger partial charge in [0.15, 0.2) is 0 Å². The van der Waals surface area contributed by atoms with Gasteiger partial charge in [0, 0.05) is 38.1 Å². The Hall–Kier alpha value is -1.82. The topological polar surface area (TPSA) is 56.9 Å². The zero-order valence-corrected chi connectivity index (χ0v) is 12.9. The molecule has 1 aliphatic rings. The number of methoxy groups -OCH3 is 1. The van der Waals surface area contributed by atoms with E-state index in [1.807, 2.05) is 26.5 Å². The zero-order chi connectivity index (χ0) is 14.8. The van der Waals surface area contributed by atoms with Crippen LogP contribution in [0.25, 0.3) is 0 Å². The van der Waals surface area contributed by atoms with E-state index in [1.165, 1.54) is 19.3 Å². The molecule has 1 fully saturated rings. The molecule has 0 amide bonds. The van der Waals surface area contributed by atoms with E-state index < -0.39 is 0 Å². The molecule has 0 aromatic carbocycles. The molecule has 1 aliphatic carbocycles. The smallest absolute Gasteiger partial charge is 0.216 e. The summed E-state index contributed by atoms with van der Waals surface area (Å²) in [5, 5.41) is 8.12. The summed E-state index contributed by atoms with van der Waals surface area (Å²) in [7, 11) is 3.61. The number of imidazole rings is 1. The second kappa shape index (κ2) is 5.89. The highest BCUT2D eigenvalue weighted by Crippen LogP contribution is 2.31. The Morgan fingerprint density at radius 3 is 3.00 bits per heavy atom. The van der Waals surface area contributed by atoms with Gasteiger partial charge < -0.3 is 14.6 Å². The third kappa shape index (κ3) is 2.68. The standard InChI is InChI=1S/C15H23N5O/c1-11-12(15(21-3)19(2)18-11)9-17-13-5-4-6-14(13)20-8-7-16-10-20/h7-8,10,13-14,17H,4-6,9H2,1-3H3. The van der Waals surface area contributed by atoms with Crippen molar-refractivity contribution in [2.45, 2.75) is 44.8 Å². The molecule has 0 saturated heterocycles. The molecule has 0 spiro atoms. The Morgan fingerprint density at radius 2 is 2.29 bits per heavy atom. The number of rotatable bonds is 5. The first kappa shape index (κ1) is 14.1. The molecule has 2 atom stereocenters. The van der Waals surface area contributed by atoms with Crippen LogP contribution in [-0.2, 0) is 13.6 Å². The molecule has 21 heavy (non-hydrogen) atoms. The molecule has 1 saturated carbocycles. The van der Waals surface area contributed by atoms with Crippen LogP contribution in [0.5, 0.6) is 5.88 Å². The summed E-state index contributed by atoms with van der Waals surface area (Å²) in [6.45, 7) is 2.82. The lowest BCUT2D eigenvalue weighted by Crippen LogP contribution is -2.33. The number of hydrogen-bond acceptors (Lipinski definition) is 4. The molecule has 2 unspecified atom stereocenters. The Bertz CT molecular complexity index is 589. The molecule has 2 aromatic rings. The highest BCUT2D eigenvalue weighted by atomic mass is 16.5. The fourth-order valence-electron chi connectivity index (χ4n) is 3.37. The summed E-state index contributed by atoms with van der Waals surface area (Å²) in [5.74, 6) is 0.845. The number of nitrogens with one attached hydrogen (secondary N) is 1. The van der Waals surface area contributed by atoms with Gasteiger partial charge in [-0.05, 0) is 26.2 Å². The zero-order valence-electron chi connectivity index (χ0n) is 12.9. The van der Waals surface area contributed by atoms with E-state index in [9.17, 15) is 0 Å². The second-order valence-corrected chi connectivity index (χ2v) is 5.69. The summed E-state index contributed by atoms with van der Waals surface area (Å²) in [6.07, 6.45) is 9.48. The van der Waals surface area contributed by atoms with Crippen molar-refractivity contribution in [3.05, 3.63) is 30.0 Å². The molecular weight excluding hydrogens is 266 g/mol. The Balaban J connectivity index is 1.70. The van der Waals surface area contributed by atoms with E-state index in [2.05, 4.69) is 26.2 Å². The average molecular weight is 289 g/mol. The second-order valence-electron chi connectivity index (χ2n) is 5.69. The maximum Gasteiger partial charge on any atom is 0.216 e. The summed E-state index contributed by atoms with van der Waals surface area (Å²) in [6, 6.07) is 0.971. The summed E-state index contributed by atoms with van der Waals surface area (Å²) in [4.78, 5) is 4.17. The van der Waals surface area contributed by atoms with Gasteiger partial charge in [-0.2, -0.15) is 5.10 Å². The Kier molecular flexibility index (Phi) is 3.96. The largest absolute Gasteiger partial charge is 0.481 e. The van der Waals surface area contributed by atoms with E-state index in [0.29, 0.717) is 12.1 Å². The lowest BCUT2D eigenvalue weighted by atomic mass is 10.1. The van der Waals surface area contributed by atoms with Gasteiger partial charge in [-0.1, -0.05) is 0 Å². The molecule has 6 nitrogen and oxygen atoms in total. The van der Waals surface area contributed by atoms with Crippen LogP contribution < -0.4 is 10.1 Å². The number of nitrogens with zero attached hydrogens (tertiary/aromatic N) is 4. The van der Waals surface area contributed by atoms with Crippen molar-refractivity contribution >= 4 is 0 Å². The van der Waals surface area contributed by atoms with E-state index >= 15 is 0 Å². The van der Waals surface area contributed by atoms with Gasteiger partial charge in [0.25, 0.3) is 0 Å². The predicted octanol–water partition coefficient (Wildman–Crippen LogP) is 1.82. The van der Waals surface area contributed by atoms with Crippen molar-refractivity contribution in [2.75, 3.05) is 7.11 Å². The lowest BCUT2D eigenvalue weighted by molar-refractivity contribution is 0.359. The van der Waals surface area contributed by atoms with Gasteiger partial charge in [-0.15, -0.1) is 0 Å². The lowest BCUT2D eigenvalue weighted by Gasteiger charge is -2.22. The van der Waals surface area contributed by atoms with E-state index in [-0.39, 0.29) is 0 Å². The first-order valence-electron chi connectivity index (χ1n) is 7.48. The fourth-order valence-corrected chi connectivity index (χ4v) is 3.37. The number of hydrogen-bond donors (Lipinski definition) is 1. The van der Waals surface area contributed by atoms with Gasteiger partial charge in [0.2, 0.25) is 5.88 Å². The van der Waals surface area contributed by atoms with Crippen LogP contribution in [0.2, 0.25) is 0 Å². The molecule has 2 aromatic heterocycles. The van der Waals surface area contributed by atoms with Gasteiger partial charge in [0.05, 0.1) is 24.7 Å². The summed E-state index contributed by atoms with van der Waals surface area (Å²) < 4.78 is 9.48. The molecule has 6 heteroatoms. The molecule has 1 N–H and O–H groups in total. The number of aryl methyl sites for hydroxylation is 2. The fraction of sp³-hybridized carbons (Fsp3) is 0.600. The van der Waals surface area contributed by atoms with Gasteiger partial charge in [0.1, 0.15) is 0 Å².